The van der Waals surface area contributed by atoms with Gasteiger partial charge >= 0.3 is 0 Å². The van der Waals surface area contributed by atoms with Crippen molar-refractivity contribution in [2.75, 3.05) is 6.54 Å². The van der Waals surface area contributed by atoms with Crippen LogP contribution in [0.15, 0.2) is 52.0 Å². The van der Waals surface area contributed by atoms with Crippen molar-refractivity contribution in [2.45, 2.75) is 25.2 Å². The third kappa shape index (κ3) is 4.09. The van der Waals surface area contributed by atoms with Crippen LogP contribution in [0.5, 0.6) is 0 Å². The first-order valence-electron chi connectivity index (χ1n) is 7.75. The summed E-state index contributed by atoms with van der Waals surface area (Å²) in [6.07, 6.45) is 3.58. The zero-order chi connectivity index (χ0) is 17.9. The summed E-state index contributed by atoms with van der Waals surface area (Å²) in [4.78, 5) is 4.22. The first-order chi connectivity index (χ1) is 12.0. The number of rotatable bonds is 6. The summed E-state index contributed by atoms with van der Waals surface area (Å²) in [5.41, 5.74) is 2.37. The van der Waals surface area contributed by atoms with Gasteiger partial charge in [-0.1, -0.05) is 12.1 Å². The second-order valence-electron chi connectivity index (χ2n) is 5.65. The van der Waals surface area contributed by atoms with Crippen molar-refractivity contribution < 1.29 is 12.8 Å². The molecule has 1 N–H and O–H groups in total. The fourth-order valence-corrected chi connectivity index (χ4v) is 3.69. The zero-order valence-corrected chi connectivity index (χ0v) is 14.7. The van der Waals surface area contributed by atoms with Crippen molar-refractivity contribution in [1.29, 1.82) is 0 Å². The fourth-order valence-electron chi connectivity index (χ4n) is 2.33. The largest absolute Gasteiger partial charge is 0.421 e. The van der Waals surface area contributed by atoms with E-state index in [0.29, 0.717) is 23.8 Å². The van der Waals surface area contributed by atoms with E-state index in [1.54, 1.807) is 43.6 Å². The molecule has 0 unspecified atom stereocenters. The zero-order valence-electron chi connectivity index (χ0n) is 13.9. The van der Waals surface area contributed by atoms with Crippen molar-refractivity contribution in [1.82, 2.24) is 19.9 Å². The number of aryl methyl sites for hydroxylation is 2. The number of hydrogen-bond donors (Lipinski definition) is 1. The summed E-state index contributed by atoms with van der Waals surface area (Å²) >= 11 is 0. The lowest BCUT2D eigenvalue weighted by Gasteiger charge is -2.09. The Morgan fingerprint density at radius 1 is 1.08 bits per heavy atom. The normalized spacial score (nSPS) is 11.6. The molecule has 0 aliphatic heterocycles. The topological polar surface area (TPSA) is 98.0 Å². The molecule has 0 spiro atoms. The van der Waals surface area contributed by atoms with Crippen LogP contribution >= 0.6 is 0 Å². The smallest absolute Gasteiger partial charge is 0.247 e. The van der Waals surface area contributed by atoms with Crippen molar-refractivity contribution in [3.63, 3.8) is 0 Å². The van der Waals surface area contributed by atoms with Crippen LogP contribution in [0, 0.1) is 13.8 Å². The maximum atomic E-state index is 12.4. The second-order valence-corrected chi connectivity index (χ2v) is 7.39. The Bertz CT molecular complexity index is 969. The third-order valence-electron chi connectivity index (χ3n) is 3.66. The number of nitrogens with zero attached hydrogens (tertiary/aromatic N) is 3. The van der Waals surface area contributed by atoms with Gasteiger partial charge in [0.25, 0.3) is 0 Å². The first-order valence-corrected chi connectivity index (χ1v) is 9.24. The Morgan fingerprint density at radius 3 is 2.60 bits per heavy atom. The predicted molar refractivity (Wildman–Crippen MR) is 92.3 cm³/mol. The molecule has 7 nitrogen and oxygen atoms in total. The van der Waals surface area contributed by atoms with Gasteiger partial charge in [-0.25, -0.2) is 13.1 Å². The maximum Gasteiger partial charge on any atom is 0.247 e. The molecule has 130 valence electrons. The number of nitrogens with one attached hydrogen (secondary N) is 1. The summed E-state index contributed by atoms with van der Waals surface area (Å²) in [7, 11) is -3.58. The number of benzene rings is 1. The van der Waals surface area contributed by atoms with Gasteiger partial charge in [0.05, 0.1) is 4.90 Å². The average Bonchev–Trinajstić information content (AvgIpc) is 3.06. The van der Waals surface area contributed by atoms with Gasteiger partial charge in [0.2, 0.25) is 21.8 Å². The first kappa shape index (κ1) is 17.2. The molecule has 1 aromatic carbocycles. The van der Waals surface area contributed by atoms with Crippen molar-refractivity contribution in [3.8, 4) is 11.5 Å². The number of sulfonamides is 1. The van der Waals surface area contributed by atoms with Crippen molar-refractivity contribution in [3.05, 3.63) is 59.7 Å². The van der Waals surface area contributed by atoms with E-state index < -0.39 is 10.0 Å². The number of pyridine rings is 1. The van der Waals surface area contributed by atoms with Gasteiger partial charge < -0.3 is 4.42 Å². The van der Waals surface area contributed by atoms with Crippen LogP contribution < -0.4 is 4.72 Å². The highest BCUT2D eigenvalue weighted by Crippen LogP contribution is 2.18. The molecule has 3 aromatic rings. The highest BCUT2D eigenvalue weighted by Gasteiger charge is 2.17. The van der Waals surface area contributed by atoms with Crippen molar-refractivity contribution in [2.24, 2.45) is 0 Å². The minimum absolute atomic E-state index is 0.174. The molecule has 0 saturated heterocycles. The van der Waals surface area contributed by atoms with Gasteiger partial charge in [0.15, 0.2) is 0 Å². The van der Waals surface area contributed by atoms with Crippen LogP contribution in [-0.4, -0.2) is 30.1 Å². The standard InChI is InChI=1S/C17H18N4O3S/c1-12-3-4-13(2)15(11-12)25(22,23)19-10-7-16-20-21-17(24-16)14-5-8-18-9-6-14/h3-6,8-9,11,19H,7,10H2,1-2H3. The highest BCUT2D eigenvalue weighted by molar-refractivity contribution is 7.89. The molecule has 8 heteroatoms. The molecule has 0 radical (unpaired) electrons. The fraction of sp³-hybridized carbons (Fsp3) is 0.235. The molecule has 3 rings (SSSR count). The van der Waals surface area contributed by atoms with Gasteiger partial charge in [-0.05, 0) is 43.2 Å². The van der Waals surface area contributed by atoms with E-state index in [-0.39, 0.29) is 11.4 Å². The highest BCUT2D eigenvalue weighted by atomic mass is 32.2. The van der Waals surface area contributed by atoms with E-state index in [1.165, 1.54) is 0 Å². The molecule has 0 aliphatic rings. The molecule has 0 aliphatic carbocycles. The third-order valence-corrected chi connectivity index (χ3v) is 5.26. The van der Waals surface area contributed by atoms with E-state index in [4.69, 9.17) is 4.42 Å². The van der Waals surface area contributed by atoms with Crippen LogP contribution in [0.2, 0.25) is 0 Å². The average molecular weight is 358 g/mol. The Labute approximate surface area is 146 Å². The summed E-state index contributed by atoms with van der Waals surface area (Å²) in [6, 6.07) is 8.86. The van der Waals surface area contributed by atoms with E-state index in [2.05, 4.69) is 19.9 Å². The van der Waals surface area contributed by atoms with Crippen molar-refractivity contribution >= 4 is 10.0 Å². The Kier molecular flexibility index (Phi) is 4.91. The Hall–Kier alpha value is -2.58. The molecule has 0 atom stereocenters. The monoisotopic (exact) mass is 358 g/mol. The Balaban J connectivity index is 1.65. The molecule has 0 fully saturated rings. The molecule has 0 amide bonds. The van der Waals surface area contributed by atoms with Gasteiger partial charge in [-0.2, -0.15) is 0 Å². The minimum atomic E-state index is -3.58. The number of aromatic nitrogens is 3. The SMILES string of the molecule is Cc1ccc(C)c(S(=O)(=O)NCCc2nnc(-c3ccncc3)o2)c1. The summed E-state index contributed by atoms with van der Waals surface area (Å²) in [6.45, 7) is 3.80. The lowest BCUT2D eigenvalue weighted by atomic mass is 10.2. The van der Waals surface area contributed by atoms with Gasteiger partial charge in [-0.15, -0.1) is 10.2 Å². The van der Waals surface area contributed by atoms with E-state index >= 15 is 0 Å². The number of hydrogen-bond acceptors (Lipinski definition) is 6. The van der Waals surface area contributed by atoms with Crippen LogP contribution in [0.1, 0.15) is 17.0 Å². The van der Waals surface area contributed by atoms with Gasteiger partial charge in [0, 0.05) is 30.9 Å². The lowest BCUT2D eigenvalue weighted by molar-refractivity contribution is 0.502. The van der Waals surface area contributed by atoms with Crippen LogP contribution in [0.4, 0.5) is 0 Å². The van der Waals surface area contributed by atoms with E-state index in [0.717, 1.165) is 11.1 Å². The van der Waals surface area contributed by atoms with Crippen LogP contribution in [0.25, 0.3) is 11.5 Å². The molecular weight excluding hydrogens is 340 g/mol. The molecule has 2 aromatic heterocycles. The lowest BCUT2D eigenvalue weighted by Crippen LogP contribution is -2.26. The second kappa shape index (κ2) is 7.12. The van der Waals surface area contributed by atoms with E-state index in [1.807, 2.05) is 13.0 Å². The molecular formula is C17H18N4O3S. The van der Waals surface area contributed by atoms with Crippen LogP contribution in [0.3, 0.4) is 0 Å². The molecule has 0 bridgehead atoms. The minimum Gasteiger partial charge on any atom is -0.421 e. The van der Waals surface area contributed by atoms with Crippen LogP contribution in [-0.2, 0) is 16.4 Å². The maximum absolute atomic E-state index is 12.4. The summed E-state index contributed by atoms with van der Waals surface area (Å²) in [5.74, 6) is 0.755. The molecule has 25 heavy (non-hydrogen) atoms. The van der Waals surface area contributed by atoms with Gasteiger partial charge in [-0.3, -0.25) is 4.98 Å². The molecule has 2 heterocycles. The summed E-state index contributed by atoms with van der Waals surface area (Å²) < 4.78 is 33.0. The molecule has 0 saturated carbocycles. The van der Waals surface area contributed by atoms with E-state index in [9.17, 15) is 8.42 Å². The Morgan fingerprint density at radius 2 is 1.84 bits per heavy atom. The summed E-state index contributed by atoms with van der Waals surface area (Å²) in [5, 5.41) is 7.91. The predicted octanol–water partition coefficient (Wildman–Crippen LogP) is 2.27. The van der Waals surface area contributed by atoms with Gasteiger partial charge in [0.1, 0.15) is 0 Å². The quantitative estimate of drug-likeness (QED) is 0.726.